The van der Waals surface area contributed by atoms with Gasteiger partial charge in [0.05, 0.1) is 22.3 Å². The highest BCUT2D eigenvalue weighted by Gasteiger charge is 2.13. The predicted octanol–water partition coefficient (Wildman–Crippen LogP) is 3.51. The van der Waals surface area contributed by atoms with Crippen molar-refractivity contribution in [3.8, 4) is 16.9 Å². The Kier molecular flexibility index (Phi) is 3.30. The average Bonchev–Trinajstić information content (AvgIpc) is 2.86. The predicted molar refractivity (Wildman–Crippen MR) is 78.2 cm³/mol. The molecule has 0 spiro atoms. The fourth-order valence-electron chi connectivity index (χ4n) is 2.08. The minimum Gasteiger partial charge on any atom is -0.507 e. The summed E-state index contributed by atoms with van der Waals surface area (Å²) in [5.74, 6) is 0.0534. The molecule has 2 aromatic heterocycles. The molecule has 1 aromatic carbocycles. The van der Waals surface area contributed by atoms with E-state index in [1.165, 1.54) is 6.07 Å². The van der Waals surface area contributed by atoms with Gasteiger partial charge in [0.1, 0.15) is 11.4 Å². The first-order chi connectivity index (χ1) is 9.60. The number of pyridine rings is 1. The third-order valence-corrected chi connectivity index (χ3v) is 3.84. The van der Waals surface area contributed by atoms with Gasteiger partial charge in [-0.25, -0.2) is 4.98 Å². The molecule has 4 nitrogen and oxygen atoms in total. The number of aliphatic hydroxyl groups is 1. The molecule has 0 amide bonds. The zero-order valence-corrected chi connectivity index (χ0v) is 11.7. The molecule has 6 heteroatoms. The first-order valence-corrected chi connectivity index (χ1v) is 6.61. The molecule has 0 aliphatic rings. The lowest BCUT2D eigenvalue weighted by atomic mass is 10.1. The van der Waals surface area contributed by atoms with Gasteiger partial charge in [0, 0.05) is 18.0 Å². The molecule has 0 atom stereocenters. The van der Waals surface area contributed by atoms with Crippen LogP contribution in [0, 0.1) is 0 Å². The van der Waals surface area contributed by atoms with Crippen molar-refractivity contribution < 1.29 is 10.2 Å². The van der Waals surface area contributed by atoms with Gasteiger partial charge in [-0.1, -0.05) is 23.2 Å². The largest absolute Gasteiger partial charge is 0.507 e. The Morgan fingerprint density at radius 1 is 1.20 bits per heavy atom. The molecule has 2 heterocycles. The summed E-state index contributed by atoms with van der Waals surface area (Å²) in [5.41, 5.74) is 2.40. The summed E-state index contributed by atoms with van der Waals surface area (Å²) in [7, 11) is 0. The second-order valence-electron chi connectivity index (χ2n) is 4.33. The number of imidazole rings is 1. The van der Waals surface area contributed by atoms with Crippen LogP contribution >= 0.6 is 23.2 Å². The summed E-state index contributed by atoms with van der Waals surface area (Å²) in [5, 5.41) is 19.7. The third kappa shape index (κ3) is 2.12. The van der Waals surface area contributed by atoms with Crippen molar-refractivity contribution in [2.45, 2.75) is 6.61 Å². The Morgan fingerprint density at radius 3 is 2.75 bits per heavy atom. The molecular weight excluding hydrogens is 299 g/mol. The smallest absolute Gasteiger partial charge is 0.137 e. The minimum atomic E-state index is -0.125. The lowest BCUT2D eigenvalue weighted by molar-refractivity contribution is 0.277. The monoisotopic (exact) mass is 308 g/mol. The van der Waals surface area contributed by atoms with Crippen molar-refractivity contribution in [2.75, 3.05) is 0 Å². The number of aromatic nitrogens is 2. The highest BCUT2D eigenvalue weighted by atomic mass is 35.5. The van der Waals surface area contributed by atoms with Crippen LogP contribution in [0.5, 0.6) is 5.75 Å². The van der Waals surface area contributed by atoms with Gasteiger partial charge in [-0.05, 0) is 29.8 Å². The van der Waals surface area contributed by atoms with E-state index in [2.05, 4.69) is 4.98 Å². The summed E-state index contributed by atoms with van der Waals surface area (Å²) in [6.45, 7) is -0.125. The Labute approximate surface area is 124 Å². The van der Waals surface area contributed by atoms with E-state index in [0.29, 0.717) is 32.5 Å². The molecule has 0 radical (unpaired) electrons. The molecule has 2 N–H and O–H groups in total. The van der Waals surface area contributed by atoms with Crippen molar-refractivity contribution in [3.63, 3.8) is 0 Å². The summed E-state index contributed by atoms with van der Waals surface area (Å²) in [4.78, 5) is 4.25. The van der Waals surface area contributed by atoms with E-state index in [4.69, 9.17) is 28.3 Å². The lowest BCUT2D eigenvalue weighted by Gasteiger charge is -2.09. The summed E-state index contributed by atoms with van der Waals surface area (Å²) < 4.78 is 1.78. The quantitative estimate of drug-likeness (QED) is 0.761. The second kappa shape index (κ2) is 4.98. The van der Waals surface area contributed by atoms with Crippen molar-refractivity contribution in [1.29, 1.82) is 0 Å². The van der Waals surface area contributed by atoms with Crippen LogP contribution in [-0.2, 0) is 6.61 Å². The van der Waals surface area contributed by atoms with E-state index in [9.17, 15) is 5.11 Å². The number of benzene rings is 1. The maximum absolute atomic E-state index is 9.98. The number of aliphatic hydroxyl groups excluding tert-OH is 1. The van der Waals surface area contributed by atoms with Crippen molar-refractivity contribution >= 4 is 28.8 Å². The maximum atomic E-state index is 9.98. The highest BCUT2D eigenvalue weighted by Crippen LogP contribution is 2.40. The van der Waals surface area contributed by atoms with Gasteiger partial charge in [0.15, 0.2) is 0 Å². The Hall–Kier alpha value is -1.75. The van der Waals surface area contributed by atoms with E-state index in [0.717, 1.165) is 0 Å². The van der Waals surface area contributed by atoms with E-state index in [-0.39, 0.29) is 12.4 Å². The second-order valence-corrected chi connectivity index (χ2v) is 5.11. The number of hydrogen-bond donors (Lipinski definition) is 2. The molecule has 0 aliphatic carbocycles. The van der Waals surface area contributed by atoms with Gasteiger partial charge < -0.3 is 14.6 Å². The molecule has 102 valence electrons. The normalized spacial score (nSPS) is 11.2. The molecule has 20 heavy (non-hydrogen) atoms. The fraction of sp³-hybridized carbons (Fsp3) is 0.0714. The first-order valence-electron chi connectivity index (χ1n) is 5.86. The van der Waals surface area contributed by atoms with Crippen molar-refractivity contribution in [2.24, 2.45) is 0 Å². The van der Waals surface area contributed by atoms with Crippen molar-refractivity contribution in [1.82, 2.24) is 9.38 Å². The molecule has 3 rings (SSSR count). The van der Waals surface area contributed by atoms with E-state index in [1.807, 2.05) is 0 Å². The van der Waals surface area contributed by atoms with Crippen LogP contribution in [0.2, 0.25) is 10.0 Å². The Morgan fingerprint density at radius 2 is 2.00 bits per heavy atom. The zero-order chi connectivity index (χ0) is 14.3. The van der Waals surface area contributed by atoms with Crippen LogP contribution in [-0.4, -0.2) is 19.6 Å². The topological polar surface area (TPSA) is 57.8 Å². The summed E-state index contributed by atoms with van der Waals surface area (Å²) >= 11 is 12.1. The standard InChI is InChI=1S/C14H10Cl2N2O2/c15-10-1-2-11(20)13(14(10)16)8-3-4-18-6-9(7-19)17-12(18)5-8/h1-6,19-20H,7H2. The SMILES string of the molecule is OCc1cn2ccc(-c3c(O)ccc(Cl)c3Cl)cc2n1. The van der Waals surface area contributed by atoms with Crippen molar-refractivity contribution in [3.05, 3.63) is 52.4 Å². The number of phenolic OH excluding ortho intramolecular Hbond substituents is 1. The number of fused-ring (bicyclic) bond motifs is 1. The summed E-state index contributed by atoms with van der Waals surface area (Å²) in [6.07, 6.45) is 3.52. The molecule has 0 bridgehead atoms. The zero-order valence-electron chi connectivity index (χ0n) is 10.2. The van der Waals surface area contributed by atoms with Gasteiger partial charge in [-0.2, -0.15) is 0 Å². The van der Waals surface area contributed by atoms with Gasteiger partial charge in [0.25, 0.3) is 0 Å². The van der Waals surface area contributed by atoms with Crippen LogP contribution in [0.15, 0.2) is 36.7 Å². The Bertz CT molecular complexity index is 799. The minimum absolute atomic E-state index is 0.0534. The maximum Gasteiger partial charge on any atom is 0.137 e. The van der Waals surface area contributed by atoms with Gasteiger partial charge in [-0.15, -0.1) is 0 Å². The molecule has 0 unspecified atom stereocenters. The lowest BCUT2D eigenvalue weighted by Crippen LogP contribution is -1.87. The Balaban J connectivity index is 2.22. The number of halogens is 2. The van der Waals surface area contributed by atoms with Crippen LogP contribution in [0.3, 0.4) is 0 Å². The first kappa shape index (κ1) is 13.2. The average molecular weight is 309 g/mol. The van der Waals surface area contributed by atoms with Crippen LogP contribution in [0.25, 0.3) is 16.8 Å². The van der Waals surface area contributed by atoms with Gasteiger partial charge >= 0.3 is 0 Å². The van der Waals surface area contributed by atoms with Crippen LogP contribution < -0.4 is 0 Å². The third-order valence-electron chi connectivity index (χ3n) is 3.03. The highest BCUT2D eigenvalue weighted by molar-refractivity contribution is 6.44. The number of phenols is 1. The van der Waals surface area contributed by atoms with Gasteiger partial charge in [0.2, 0.25) is 0 Å². The van der Waals surface area contributed by atoms with Crippen LogP contribution in [0.4, 0.5) is 0 Å². The van der Waals surface area contributed by atoms with E-state index in [1.54, 1.807) is 35.0 Å². The molecular formula is C14H10Cl2N2O2. The number of hydrogen-bond acceptors (Lipinski definition) is 3. The summed E-state index contributed by atoms with van der Waals surface area (Å²) in [6, 6.07) is 6.61. The van der Waals surface area contributed by atoms with E-state index >= 15 is 0 Å². The van der Waals surface area contributed by atoms with Gasteiger partial charge in [-0.3, -0.25) is 0 Å². The van der Waals surface area contributed by atoms with Crippen LogP contribution in [0.1, 0.15) is 5.69 Å². The number of nitrogens with zero attached hydrogens (tertiary/aromatic N) is 2. The number of rotatable bonds is 2. The molecule has 0 aliphatic heterocycles. The molecule has 0 saturated carbocycles. The van der Waals surface area contributed by atoms with E-state index < -0.39 is 0 Å². The number of aromatic hydroxyl groups is 1. The molecule has 0 saturated heterocycles. The molecule has 0 fully saturated rings. The fourth-order valence-corrected chi connectivity index (χ4v) is 2.51. The molecule has 3 aromatic rings.